The van der Waals surface area contributed by atoms with Crippen LogP contribution in [0.4, 0.5) is 0 Å². The normalized spacial score (nSPS) is 24.9. The minimum Gasteiger partial charge on any atom is -0.102 e. The summed E-state index contributed by atoms with van der Waals surface area (Å²) in [5.74, 6) is 1.68. The van der Waals surface area contributed by atoms with Gasteiger partial charge in [-0.15, -0.1) is 6.58 Å². The molecule has 0 aliphatic heterocycles. The summed E-state index contributed by atoms with van der Waals surface area (Å²) in [4.78, 5) is 0. The lowest BCUT2D eigenvalue weighted by Crippen LogP contribution is -2.13. The molecule has 0 spiro atoms. The van der Waals surface area contributed by atoms with Gasteiger partial charge in [-0.2, -0.15) is 0 Å². The highest BCUT2D eigenvalue weighted by atomic mass is 14.3. The molecule has 90 valence electrons. The van der Waals surface area contributed by atoms with E-state index in [-0.39, 0.29) is 0 Å². The van der Waals surface area contributed by atoms with E-state index < -0.39 is 0 Å². The summed E-state index contributed by atoms with van der Waals surface area (Å²) in [6.45, 7) is 4.06. The van der Waals surface area contributed by atoms with Crippen molar-refractivity contribution in [3.8, 4) is 0 Å². The Morgan fingerprint density at radius 2 is 2.00 bits per heavy atom. The van der Waals surface area contributed by atoms with Gasteiger partial charge in [0.25, 0.3) is 0 Å². The van der Waals surface area contributed by atoms with Crippen LogP contribution in [0.25, 0.3) is 0 Å². The molecule has 0 radical (unpaired) electrons. The number of rotatable bonds is 4. The summed E-state index contributed by atoms with van der Waals surface area (Å²) in [7, 11) is 0. The van der Waals surface area contributed by atoms with E-state index in [0.717, 1.165) is 5.92 Å². The first-order valence-corrected chi connectivity index (χ1v) is 7.21. The van der Waals surface area contributed by atoms with Crippen molar-refractivity contribution < 1.29 is 0 Å². The molecule has 0 amide bonds. The Bertz CT molecular complexity index is 243. The highest BCUT2D eigenvalue weighted by molar-refractivity contribution is 5.14. The summed E-state index contributed by atoms with van der Waals surface area (Å²) < 4.78 is 0. The van der Waals surface area contributed by atoms with Crippen LogP contribution < -0.4 is 0 Å². The van der Waals surface area contributed by atoms with Crippen molar-refractivity contribution in [2.75, 3.05) is 0 Å². The van der Waals surface area contributed by atoms with Gasteiger partial charge in [0.05, 0.1) is 0 Å². The smallest absolute Gasteiger partial charge is 0.00233 e. The van der Waals surface area contributed by atoms with E-state index in [1.165, 1.54) is 64.2 Å². The molecule has 16 heavy (non-hydrogen) atoms. The quantitative estimate of drug-likeness (QED) is 0.565. The fourth-order valence-corrected chi connectivity index (χ4v) is 3.38. The molecule has 0 bridgehead atoms. The van der Waals surface area contributed by atoms with Crippen molar-refractivity contribution in [2.24, 2.45) is 11.8 Å². The Kier molecular flexibility index (Phi) is 4.69. The molecule has 1 saturated carbocycles. The maximum atomic E-state index is 4.06. The van der Waals surface area contributed by atoms with Gasteiger partial charge in [-0.05, 0) is 43.9 Å². The summed E-state index contributed by atoms with van der Waals surface area (Å²) >= 11 is 0. The van der Waals surface area contributed by atoms with Gasteiger partial charge in [0, 0.05) is 0 Å². The molecule has 0 N–H and O–H groups in total. The zero-order valence-corrected chi connectivity index (χ0v) is 10.6. The van der Waals surface area contributed by atoms with E-state index in [0.29, 0.717) is 5.92 Å². The zero-order valence-electron chi connectivity index (χ0n) is 10.6. The lowest BCUT2D eigenvalue weighted by Gasteiger charge is -2.27. The van der Waals surface area contributed by atoms with Crippen LogP contribution in [0.15, 0.2) is 24.3 Å². The van der Waals surface area contributed by atoms with Gasteiger partial charge in [0.2, 0.25) is 0 Å². The average molecular weight is 218 g/mol. The lowest BCUT2D eigenvalue weighted by atomic mass is 9.78. The minimum absolute atomic E-state index is 0.698. The molecule has 1 fully saturated rings. The lowest BCUT2D eigenvalue weighted by molar-refractivity contribution is 0.317. The third-order valence-electron chi connectivity index (χ3n) is 4.40. The molecule has 0 aromatic carbocycles. The third kappa shape index (κ3) is 3.23. The predicted octanol–water partition coefficient (Wildman–Crippen LogP) is 5.26. The summed E-state index contributed by atoms with van der Waals surface area (Å²) in [5.41, 5.74) is 1.70. The Hall–Kier alpha value is -0.520. The fraction of sp³-hybridized carbons (Fsp3) is 0.750. The molecule has 0 saturated heterocycles. The van der Waals surface area contributed by atoms with Gasteiger partial charge in [-0.25, -0.2) is 0 Å². The van der Waals surface area contributed by atoms with E-state index in [1.54, 1.807) is 5.57 Å². The van der Waals surface area contributed by atoms with Crippen molar-refractivity contribution in [1.29, 1.82) is 0 Å². The van der Waals surface area contributed by atoms with Gasteiger partial charge in [0.1, 0.15) is 0 Å². The van der Waals surface area contributed by atoms with E-state index in [2.05, 4.69) is 18.7 Å². The van der Waals surface area contributed by atoms with Crippen LogP contribution in [0, 0.1) is 11.8 Å². The molecular weight excluding hydrogens is 192 g/mol. The second-order valence-electron chi connectivity index (χ2n) is 5.61. The second kappa shape index (κ2) is 6.27. The zero-order chi connectivity index (χ0) is 11.2. The number of allylic oxidation sites excluding steroid dienone is 3. The van der Waals surface area contributed by atoms with Gasteiger partial charge in [0.15, 0.2) is 0 Å². The largest absolute Gasteiger partial charge is 0.102 e. The first kappa shape index (κ1) is 12.0. The van der Waals surface area contributed by atoms with Crippen molar-refractivity contribution in [3.63, 3.8) is 0 Å². The minimum atomic E-state index is 0.698. The van der Waals surface area contributed by atoms with Crippen molar-refractivity contribution in [2.45, 2.75) is 64.2 Å². The van der Waals surface area contributed by atoms with Crippen LogP contribution in [-0.2, 0) is 0 Å². The molecule has 0 heterocycles. The second-order valence-corrected chi connectivity index (χ2v) is 5.61. The first-order valence-electron chi connectivity index (χ1n) is 7.21. The van der Waals surface area contributed by atoms with Crippen LogP contribution >= 0.6 is 0 Å². The molecule has 0 heteroatoms. The SMILES string of the molecule is C=CC(CC1CCCCC1)C1=CCCCC1. The Morgan fingerprint density at radius 3 is 2.62 bits per heavy atom. The van der Waals surface area contributed by atoms with E-state index in [9.17, 15) is 0 Å². The molecule has 0 nitrogen and oxygen atoms in total. The van der Waals surface area contributed by atoms with Crippen molar-refractivity contribution in [1.82, 2.24) is 0 Å². The predicted molar refractivity (Wildman–Crippen MR) is 71.4 cm³/mol. The fourth-order valence-electron chi connectivity index (χ4n) is 3.38. The molecule has 0 aromatic heterocycles. The standard InChI is InChI=1S/C16H26/c1-2-15(16-11-7-4-8-12-16)13-14-9-5-3-6-10-14/h2,11,14-15H,1,3-10,12-13H2. The van der Waals surface area contributed by atoms with Crippen LogP contribution in [-0.4, -0.2) is 0 Å². The third-order valence-corrected chi connectivity index (χ3v) is 4.40. The maximum absolute atomic E-state index is 4.06. The molecule has 1 unspecified atom stereocenters. The highest BCUT2D eigenvalue weighted by Crippen LogP contribution is 2.34. The number of hydrogen-bond acceptors (Lipinski definition) is 0. The molecular formula is C16H26. The van der Waals surface area contributed by atoms with Gasteiger partial charge >= 0.3 is 0 Å². The Morgan fingerprint density at radius 1 is 1.19 bits per heavy atom. The Balaban J connectivity index is 1.88. The van der Waals surface area contributed by atoms with Gasteiger partial charge < -0.3 is 0 Å². The van der Waals surface area contributed by atoms with Gasteiger partial charge in [-0.1, -0.05) is 49.8 Å². The average Bonchev–Trinajstić information content (AvgIpc) is 2.38. The monoisotopic (exact) mass is 218 g/mol. The summed E-state index contributed by atoms with van der Waals surface area (Å²) in [5, 5.41) is 0. The number of hydrogen-bond donors (Lipinski definition) is 0. The molecule has 2 rings (SSSR count). The van der Waals surface area contributed by atoms with Crippen molar-refractivity contribution >= 4 is 0 Å². The van der Waals surface area contributed by atoms with Crippen LogP contribution in [0.1, 0.15) is 64.2 Å². The maximum Gasteiger partial charge on any atom is -0.00233 e. The van der Waals surface area contributed by atoms with E-state index >= 15 is 0 Å². The van der Waals surface area contributed by atoms with Crippen LogP contribution in [0.3, 0.4) is 0 Å². The van der Waals surface area contributed by atoms with E-state index in [4.69, 9.17) is 0 Å². The highest BCUT2D eigenvalue weighted by Gasteiger charge is 2.20. The summed E-state index contributed by atoms with van der Waals surface area (Å²) in [6, 6.07) is 0. The molecule has 1 atom stereocenters. The van der Waals surface area contributed by atoms with Gasteiger partial charge in [-0.3, -0.25) is 0 Å². The molecule has 0 aromatic rings. The first-order chi connectivity index (χ1) is 7.90. The Labute approximate surface area is 101 Å². The van der Waals surface area contributed by atoms with Crippen LogP contribution in [0.5, 0.6) is 0 Å². The molecule has 2 aliphatic rings. The van der Waals surface area contributed by atoms with Crippen molar-refractivity contribution in [3.05, 3.63) is 24.3 Å². The topological polar surface area (TPSA) is 0 Å². The van der Waals surface area contributed by atoms with Crippen LogP contribution in [0.2, 0.25) is 0 Å². The molecule has 2 aliphatic carbocycles. The summed E-state index contributed by atoms with van der Waals surface area (Å²) in [6.07, 6.45) is 18.9. The van der Waals surface area contributed by atoms with E-state index in [1.807, 2.05) is 0 Å².